The molecule has 1 aliphatic rings. The molecule has 2 rings (SSSR count). The fourth-order valence-electron chi connectivity index (χ4n) is 2.05. The second kappa shape index (κ2) is 3.59. The number of hydrogen-bond acceptors (Lipinski definition) is 3. The Morgan fingerprint density at radius 1 is 1.43 bits per heavy atom. The first-order valence-corrected chi connectivity index (χ1v) is 4.89. The number of anilines is 1. The molecule has 3 nitrogen and oxygen atoms in total. The molecule has 0 amide bonds. The molecular weight excluding hydrogens is 178 g/mol. The lowest BCUT2D eigenvalue weighted by Gasteiger charge is -2.10. The number of hydrogen-bond donors (Lipinski definition) is 3. The van der Waals surface area contributed by atoms with Crippen molar-refractivity contribution >= 4 is 5.69 Å². The number of aliphatic hydroxyl groups excluding tert-OH is 1. The summed E-state index contributed by atoms with van der Waals surface area (Å²) >= 11 is 0. The number of aryl methyl sites for hydroxylation is 1. The summed E-state index contributed by atoms with van der Waals surface area (Å²) in [5, 5.41) is 21.2. The molecule has 1 aliphatic heterocycles. The van der Waals surface area contributed by atoms with Gasteiger partial charge in [0.15, 0.2) is 6.29 Å². The first-order valence-electron chi connectivity index (χ1n) is 4.89. The average Bonchev–Trinajstić information content (AvgIpc) is 2.50. The van der Waals surface area contributed by atoms with Gasteiger partial charge in [0.05, 0.1) is 0 Å². The molecule has 0 fully saturated rings. The summed E-state index contributed by atoms with van der Waals surface area (Å²) in [4.78, 5) is 0. The predicted octanol–water partition coefficient (Wildman–Crippen LogP) is 0.816. The molecular formula is C11H15NO2. The lowest BCUT2D eigenvalue weighted by atomic mass is 9.99. The highest BCUT2D eigenvalue weighted by Gasteiger charge is 2.16. The molecule has 0 aliphatic carbocycles. The van der Waals surface area contributed by atoms with E-state index in [4.69, 9.17) is 10.2 Å². The lowest BCUT2D eigenvalue weighted by molar-refractivity contribution is -0.0382. The Kier molecular flexibility index (Phi) is 2.44. The number of aliphatic hydroxyl groups is 2. The number of benzene rings is 1. The van der Waals surface area contributed by atoms with Crippen molar-refractivity contribution in [3.63, 3.8) is 0 Å². The van der Waals surface area contributed by atoms with Crippen LogP contribution in [0.1, 0.15) is 16.7 Å². The molecule has 1 heterocycles. The highest BCUT2D eigenvalue weighted by Crippen LogP contribution is 2.28. The van der Waals surface area contributed by atoms with Crippen molar-refractivity contribution in [3.8, 4) is 0 Å². The van der Waals surface area contributed by atoms with Crippen LogP contribution in [-0.2, 0) is 12.8 Å². The van der Waals surface area contributed by atoms with Crippen molar-refractivity contribution in [2.75, 3.05) is 11.9 Å². The summed E-state index contributed by atoms with van der Waals surface area (Å²) in [6.07, 6.45) is 0.0603. The first kappa shape index (κ1) is 9.49. The molecule has 0 saturated carbocycles. The Hall–Kier alpha value is -1.06. The van der Waals surface area contributed by atoms with Crippen molar-refractivity contribution in [2.45, 2.75) is 26.1 Å². The highest BCUT2D eigenvalue weighted by molar-refractivity contribution is 5.60. The van der Waals surface area contributed by atoms with Gasteiger partial charge in [0.25, 0.3) is 0 Å². The molecule has 0 unspecified atom stereocenters. The molecule has 0 radical (unpaired) electrons. The molecule has 14 heavy (non-hydrogen) atoms. The van der Waals surface area contributed by atoms with Crippen molar-refractivity contribution in [1.29, 1.82) is 0 Å². The van der Waals surface area contributed by atoms with Gasteiger partial charge < -0.3 is 15.5 Å². The van der Waals surface area contributed by atoms with Gasteiger partial charge in [-0.3, -0.25) is 0 Å². The van der Waals surface area contributed by atoms with Crippen LogP contribution in [0.4, 0.5) is 5.69 Å². The van der Waals surface area contributed by atoms with Gasteiger partial charge in [-0.1, -0.05) is 6.07 Å². The third-order valence-electron chi connectivity index (χ3n) is 2.58. The van der Waals surface area contributed by atoms with Gasteiger partial charge in [-0.15, -0.1) is 0 Å². The van der Waals surface area contributed by atoms with Gasteiger partial charge in [-0.2, -0.15) is 0 Å². The fraction of sp³-hybridized carbons (Fsp3) is 0.455. The van der Waals surface area contributed by atoms with E-state index in [2.05, 4.69) is 11.4 Å². The smallest absolute Gasteiger partial charge is 0.155 e. The zero-order chi connectivity index (χ0) is 10.1. The van der Waals surface area contributed by atoms with Crippen molar-refractivity contribution in [2.24, 2.45) is 0 Å². The molecule has 0 spiro atoms. The van der Waals surface area contributed by atoms with Gasteiger partial charge in [-0.25, -0.2) is 0 Å². The molecule has 1 aromatic rings. The monoisotopic (exact) mass is 193 g/mol. The van der Waals surface area contributed by atoms with E-state index in [-0.39, 0.29) is 0 Å². The Balaban J connectivity index is 2.38. The summed E-state index contributed by atoms with van der Waals surface area (Å²) < 4.78 is 0. The molecule has 3 heteroatoms. The van der Waals surface area contributed by atoms with Crippen LogP contribution >= 0.6 is 0 Å². The second-order valence-corrected chi connectivity index (χ2v) is 3.81. The molecule has 0 atom stereocenters. The SMILES string of the molecule is Cc1cc(CC(O)O)c2c(c1)NCC2. The minimum Gasteiger partial charge on any atom is -0.384 e. The van der Waals surface area contributed by atoms with Crippen molar-refractivity contribution in [3.05, 3.63) is 28.8 Å². The highest BCUT2D eigenvalue weighted by atomic mass is 16.5. The molecule has 3 N–H and O–H groups in total. The quantitative estimate of drug-likeness (QED) is 0.609. The van der Waals surface area contributed by atoms with E-state index in [1.807, 2.05) is 13.0 Å². The molecule has 76 valence electrons. The maximum Gasteiger partial charge on any atom is 0.155 e. The van der Waals surface area contributed by atoms with Crippen LogP contribution < -0.4 is 5.32 Å². The zero-order valence-electron chi connectivity index (χ0n) is 8.25. The Bertz CT molecular complexity index is 347. The van der Waals surface area contributed by atoms with Crippen LogP contribution in [-0.4, -0.2) is 23.0 Å². The number of nitrogens with one attached hydrogen (secondary N) is 1. The van der Waals surface area contributed by atoms with Crippen LogP contribution in [0.5, 0.6) is 0 Å². The van der Waals surface area contributed by atoms with Crippen LogP contribution in [0.3, 0.4) is 0 Å². The van der Waals surface area contributed by atoms with E-state index in [0.29, 0.717) is 6.42 Å². The van der Waals surface area contributed by atoms with Crippen molar-refractivity contribution in [1.82, 2.24) is 0 Å². The second-order valence-electron chi connectivity index (χ2n) is 3.81. The largest absolute Gasteiger partial charge is 0.384 e. The Morgan fingerprint density at radius 3 is 2.93 bits per heavy atom. The maximum absolute atomic E-state index is 8.96. The van der Waals surface area contributed by atoms with Crippen LogP contribution in [0.15, 0.2) is 12.1 Å². The fourth-order valence-corrected chi connectivity index (χ4v) is 2.05. The van der Waals surface area contributed by atoms with E-state index < -0.39 is 6.29 Å². The van der Waals surface area contributed by atoms with E-state index in [1.54, 1.807) is 0 Å². The maximum atomic E-state index is 8.96. The molecule has 0 aromatic heterocycles. The third kappa shape index (κ3) is 1.74. The van der Waals surface area contributed by atoms with Gasteiger partial charge in [0.2, 0.25) is 0 Å². The van der Waals surface area contributed by atoms with Gasteiger partial charge in [-0.05, 0) is 36.1 Å². The molecule has 1 aromatic carbocycles. The van der Waals surface area contributed by atoms with Crippen LogP contribution in [0.25, 0.3) is 0 Å². The number of rotatable bonds is 2. The van der Waals surface area contributed by atoms with Crippen LogP contribution in [0.2, 0.25) is 0 Å². The van der Waals surface area contributed by atoms with Crippen molar-refractivity contribution < 1.29 is 10.2 Å². The van der Waals surface area contributed by atoms with Crippen LogP contribution in [0, 0.1) is 6.92 Å². The average molecular weight is 193 g/mol. The summed E-state index contributed by atoms with van der Waals surface area (Å²) in [7, 11) is 0. The molecule has 0 saturated heterocycles. The zero-order valence-corrected chi connectivity index (χ0v) is 8.25. The third-order valence-corrected chi connectivity index (χ3v) is 2.58. The van der Waals surface area contributed by atoms with Gasteiger partial charge in [0, 0.05) is 18.7 Å². The predicted molar refractivity (Wildman–Crippen MR) is 55.3 cm³/mol. The minimum atomic E-state index is -1.25. The van der Waals surface area contributed by atoms with Gasteiger partial charge >= 0.3 is 0 Å². The molecule has 0 bridgehead atoms. The Morgan fingerprint density at radius 2 is 2.21 bits per heavy atom. The van der Waals surface area contributed by atoms with E-state index in [1.165, 1.54) is 5.56 Å². The summed E-state index contributed by atoms with van der Waals surface area (Å²) in [5.41, 5.74) is 4.61. The standard InChI is InChI=1S/C11H15NO2/c1-7-4-8(6-11(13)14)9-2-3-12-10(9)5-7/h4-5,11-14H,2-3,6H2,1H3. The minimum absolute atomic E-state index is 0.325. The summed E-state index contributed by atoms with van der Waals surface area (Å²) in [6, 6.07) is 4.14. The lowest BCUT2D eigenvalue weighted by Crippen LogP contribution is -2.10. The Labute approximate surface area is 83.4 Å². The number of fused-ring (bicyclic) bond motifs is 1. The summed E-state index contributed by atoms with van der Waals surface area (Å²) in [5.74, 6) is 0. The van der Waals surface area contributed by atoms with Gasteiger partial charge in [0.1, 0.15) is 0 Å². The van der Waals surface area contributed by atoms with E-state index >= 15 is 0 Å². The first-order chi connectivity index (χ1) is 6.66. The topological polar surface area (TPSA) is 52.5 Å². The van der Waals surface area contributed by atoms with E-state index in [9.17, 15) is 0 Å². The van der Waals surface area contributed by atoms with E-state index in [0.717, 1.165) is 29.8 Å². The normalized spacial score (nSPS) is 14.3. The summed E-state index contributed by atoms with van der Waals surface area (Å²) in [6.45, 7) is 2.97.